The Balaban J connectivity index is 1.38. The normalized spacial score (nSPS) is 21.2. The molecule has 1 aromatic heterocycles. The molecule has 2 heterocycles. The van der Waals surface area contributed by atoms with Crippen molar-refractivity contribution in [3.63, 3.8) is 0 Å². The Kier molecular flexibility index (Phi) is 5.67. The van der Waals surface area contributed by atoms with Gasteiger partial charge in [-0.15, -0.1) is 0 Å². The number of rotatable bonds is 4. The topological polar surface area (TPSA) is 61.0 Å². The molecule has 1 atom stereocenters. The van der Waals surface area contributed by atoms with E-state index in [1.165, 1.54) is 19.3 Å². The van der Waals surface area contributed by atoms with Crippen LogP contribution in [0.4, 0.5) is 5.82 Å². The maximum absolute atomic E-state index is 12.6. The van der Waals surface area contributed by atoms with Crippen molar-refractivity contribution in [1.82, 2.24) is 15.5 Å². The third kappa shape index (κ3) is 4.46. The molecule has 2 aromatic rings. The molecule has 1 unspecified atom stereocenters. The zero-order valence-electron chi connectivity index (χ0n) is 15.6. The van der Waals surface area contributed by atoms with E-state index in [0.717, 1.165) is 60.9 Å². The van der Waals surface area contributed by atoms with E-state index in [9.17, 15) is 4.79 Å². The van der Waals surface area contributed by atoms with E-state index >= 15 is 0 Å². The molecule has 6 heteroatoms. The van der Waals surface area contributed by atoms with Crippen LogP contribution in [0.1, 0.15) is 44.9 Å². The highest BCUT2D eigenvalue weighted by molar-refractivity contribution is 6.30. The van der Waals surface area contributed by atoms with Crippen LogP contribution in [-0.4, -0.2) is 35.2 Å². The molecule has 5 nitrogen and oxygen atoms in total. The molecule has 2 aliphatic rings. The number of benzene rings is 1. The molecule has 2 fully saturated rings. The third-order valence-corrected chi connectivity index (χ3v) is 6.04. The third-order valence-electron chi connectivity index (χ3n) is 5.79. The summed E-state index contributed by atoms with van der Waals surface area (Å²) < 4.78 is 0. The summed E-state index contributed by atoms with van der Waals surface area (Å²) >= 11 is 5.97. The summed E-state index contributed by atoms with van der Waals surface area (Å²) in [6, 6.07) is 10.0. The van der Waals surface area contributed by atoms with E-state index in [1.807, 2.05) is 24.3 Å². The maximum atomic E-state index is 12.6. The van der Waals surface area contributed by atoms with Gasteiger partial charge in [-0.1, -0.05) is 43.0 Å². The molecular formula is C21H27ClN4O. The Bertz CT molecular complexity index is 767. The number of carbonyl (C=O) groups is 1. The Labute approximate surface area is 165 Å². The lowest BCUT2D eigenvalue weighted by Crippen LogP contribution is -2.49. The number of piperidine rings is 1. The number of nitrogens with zero attached hydrogens (tertiary/aromatic N) is 2. The number of anilines is 1. The highest BCUT2D eigenvalue weighted by atomic mass is 35.5. The smallest absolute Gasteiger partial charge is 0.223 e. The predicted octanol–water partition coefficient (Wildman–Crippen LogP) is 4.40. The fourth-order valence-corrected chi connectivity index (χ4v) is 4.36. The van der Waals surface area contributed by atoms with Crippen LogP contribution in [0.25, 0.3) is 11.3 Å². The van der Waals surface area contributed by atoms with Gasteiger partial charge in [-0.2, -0.15) is 5.10 Å². The molecule has 27 heavy (non-hydrogen) atoms. The first-order valence-corrected chi connectivity index (χ1v) is 10.4. The van der Waals surface area contributed by atoms with Crippen molar-refractivity contribution < 1.29 is 4.79 Å². The summed E-state index contributed by atoms with van der Waals surface area (Å²) in [5.41, 5.74) is 2.05. The minimum Gasteiger partial charge on any atom is -0.353 e. The van der Waals surface area contributed by atoms with Crippen LogP contribution in [0.3, 0.4) is 0 Å². The number of aromatic nitrogens is 2. The van der Waals surface area contributed by atoms with Crippen molar-refractivity contribution in [3.8, 4) is 11.3 Å². The Morgan fingerprint density at radius 3 is 2.67 bits per heavy atom. The van der Waals surface area contributed by atoms with Gasteiger partial charge in [0.1, 0.15) is 0 Å². The zero-order chi connectivity index (χ0) is 18.6. The zero-order valence-corrected chi connectivity index (χ0v) is 16.3. The van der Waals surface area contributed by atoms with Crippen LogP contribution in [0.2, 0.25) is 5.02 Å². The van der Waals surface area contributed by atoms with Crippen molar-refractivity contribution in [3.05, 3.63) is 35.4 Å². The standard InChI is InChI=1S/C21H27ClN4O/c22-17-10-8-15(9-11-17)19-13-20(25-24-19)26-12-4-7-18(14-26)23-21(27)16-5-2-1-3-6-16/h8-11,13,16,18H,1-7,12,14H2,(H,23,27)(H,24,25). The molecular weight excluding hydrogens is 360 g/mol. The average Bonchev–Trinajstić information content (AvgIpc) is 3.20. The van der Waals surface area contributed by atoms with Crippen LogP contribution in [0.5, 0.6) is 0 Å². The van der Waals surface area contributed by atoms with Crippen LogP contribution < -0.4 is 10.2 Å². The summed E-state index contributed by atoms with van der Waals surface area (Å²) in [6.45, 7) is 1.80. The fraction of sp³-hybridized carbons (Fsp3) is 0.524. The number of aromatic amines is 1. The first-order chi connectivity index (χ1) is 13.2. The number of hydrogen-bond donors (Lipinski definition) is 2. The van der Waals surface area contributed by atoms with Gasteiger partial charge in [0.25, 0.3) is 0 Å². The number of nitrogens with one attached hydrogen (secondary N) is 2. The largest absolute Gasteiger partial charge is 0.353 e. The van der Waals surface area contributed by atoms with Gasteiger partial charge in [-0.25, -0.2) is 0 Å². The minimum atomic E-state index is 0.212. The lowest BCUT2D eigenvalue weighted by Gasteiger charge is -2.34. The van der Waals surface area contributed by atoms with Gasteiger partial charge in [0.2, 0.25) is 5.91 Å². The molecule has 144 valence electrons. The highest BCUT2D eigenvalue weighted by Gasteiger charge is 2.27. The molecule has 1 saturated heterocycles. The molecule has 2 N–H and O–H groups in total. The Morgan fingerprint density at radius 2 is 1.89 bits per heavy atom. The van der Waals surface area contributed by atoms with Gasteiger partial charge in [0, 0.05) is 36.1 Å². The van der Waals surface area contributed by atoms with E-state index in [1.54, 1.807) is 0 Å². The molecule has 1 saturated carbocycles. The molecule has 1 aromatic carbocycles. The molecule has 1 aliphatic heterocycles. The average molecular weight is 387 g/mol. The second-order valence-corrected chi connectivity index (χ2v) is 8.21. The van der Waals surface area contributed by atoms with Crippen LogP contribution in [-0.2, 0) is 4.79 Å². The van der Waals surface area contributed by atoms with Gasteiger partial charge in [0.05, 0.1) is 5.69 Å². The van der Waals surface area contributed by atoms with Gasteiger partial charge in [0.15, 0.2) is 5.82 Å². The number of amides is 1. The number of carbonyl (C=O) groups excluding carboxylic acids is 1. The minimum absolute atomic E-state index is 0.212. The molecule has 0 spiro atoms. The first kappa shape index (κ1) is 18.4. The van der Waals surface area contributed by atoms with E-state index in [2.05, 4.69) is 26.5 Å². The summed E-state index contributed by atoms with van der Waals surface area (Å²) in [7, 11) is 0. The second kappa shape index (κ2) is 8.34. The lowest BCUT2D eigenvalue weighted by atomic mass is 9.88. The Hall–Kier alpha value is -2.01. The van der Waals surface area contributed by atoms with Gasteiger partial charge in [-0.3, -0.25) is 9.89 Å². The van der Waals surface area contributed by atoms with E-state index in [0.29, 0.717) is 0 Å². The van der Waals surface area contributed by atoms with Crippen LogP contribution in [0, 0.1) is 5.92 Å². The number of halogens is 1. The monoisotopic (exact) mass is 386 g/mol. The van der Waals surface area contributed by atoms with Crippen molar-refractivity contribution in [2.45, 2.75) is 51.0 Å². The maximum Gasteiger partial charge on any atom is 0.223 e. The van der Waals surface area contributed by atoms with E-state index in [4.69, 9.17) is 11.6 Å². The molecule has 4 rings (SSSR count). The fourth-order valence-electron chi connectivity index (χ4n) is 4.24. The number of H-pyrrole nitrogens is 1. The van der Waals surface area contributed by atoms with E-state index < -0.39 is 0 Å². The molecule has 1 amide bonds. The predicted molar refractivity (Wildman–Crippen MR) is 109 cm³/mol. The second-order valence-electron chi connectivity index (χ2n) is 7.78. The van der Waals surface area contributed by atoms with Gasteiger partial charge < -0.3 is 10.2 Å². The van der Waals surface area contributed by atoms with Crippen molar-refractivity contribution in [2.24, 2.45) is 5.92 Å². The van der Waals surface area contributed by atoms with Crippen LogP contribution >= 0.6 is 11.6 Å². The SMILES string of the molecule is O=C(NC1CCCN(c2cc(-c3ccc(Cl)cc3)[nH]n2)C1)C1CCCCC1. The van der Waals surface area contributed by atoms with Gasteiger partial charge in [-0.05, 0) is 43.4 Å². The quantitative estimate of drug-likeness (QED) is 0.818. The van der Waals surface area contributed by atoms with E-state index in [-0.39, 0.29) is 17.9 Å². The number of hydrogen-bond acceptors (Lipinski definition) is 3. The molecule has 1 aliphatic carbocycles. The highest BCUT2D eigenvalue weighted by Crippen LogP contribution is 2.26. The Morgan fingerprint density at radius 1 is 1.11 bits per heavy atom. The molecule has 0 radical (unpaired) electrons. The summed E-state index contributed by atoms with van der Waals surface area (Å²) in [5, 5.41) is 11.6. The summed E-state index contributed by atoms with van der Waals surface area (Å²) in [5.74, 6) is 1.41. The van der Waals surface area contributed by atoms with Gasteiger partial charge >= 0.3 is 0 Å². The molecule has 0 bridgehead atoms. The van der Waals surface area contributed by atoms with Crippen molar-refractivity contribution in [1.29, 1.82) is 0 Å². The first-order valence-electron chi connectivity index (χ1n) is 10.1. The lowest BCUT2D eigenvalue weighted by molar-refractivity contribution is -0.126. The van der Waals surface area contributed by atoms with Crippen LogP contribution in [0.15, 0.2) is 30.3 Å². The van der Waals surface area contributed by atoms with Crippen molar-refractivity contribution >= 4 is 23.3 Å². The summed E-state index contributed by atoms with van der Waals surface area (Å²) in [4.78, 5) is 14.8. The van der Waals surface area contributed by atoms with Crippen molar-refractivity contribution in [2.75, 3.05) is 18.0 Å². The summed E-state index contributed by atoms with van der Waals surface area (Å²) in [6.07, 6.45) is 7.86.